The van der Waals surface area contributed by atoms with Gasteiger partial charge in [-0.05, 0) is 36.7 Å². The lowest BCUT2D eigenvalue weighted by molar-refractivity contribution is -0.118. The topological polar surface area (TPSA) is 89.3 Å². The van der Waals surface area contributed by atoms with Gasteiger partial charge in [-0.2, -0.15) is 0 Å². The summed E-state index contributed by atoms with van der Waals surface area (Å²) in [6, 6.07) is 5.71. The Balaban J connectivity index is 0.00000361. The average molecular weight is 341 g/mol. The molecule has 1 unspecified atom stereocenters. The Morgan fingerprint density at radius 2 is 1.90 bits per heavy atom. The Kier molecular flexibility index (Phi) is 8.12. The van der Waals surface area contributed by atoms with Crippen molar-refractivity contribution in [3.63, 3.8) is 0 Å². The van der Waals surface area contributed by atoms with Gasteiger partial charge in [-0.15, -0.1) is 12.4 Å². The smallest absolute Gasteiger partial charge is 0.235 e. The minimum absolute atomic E-state index is 0. The average Bonchev–Trinajstić information content (AvgIpc) is 2.36. The van der Waals surface area contributed by atoms with Crippen LogP contribution in [0.4, 0.5) is 0 Å². The summed E-state index contributed by atoms with van der Waals surface area (Å²) in [5.41, 5.74) is 5.41. The maximum Gasteiger partial charge on any atom is 0.235 e. The summed E-state index contributed by atoms with van der Waals surface area (Å²) in [5.74, 6) is -0.996. The summed E-state index contributed by atoms with van der Waals surface area (Å²) in [5, 5.41) is 2.99. The number of carbonyl (C=O) groups is 1. The van der Waals surface area contributed by atoms with Crippen molar-refractivity contribution in [3.05, 3.63) is 29.3 Å². The molecule has 0 bridgehead atoms. The van der Waals surface area contributed by atoms with E-state index in [-0.39, 0.29) is 23.2 Å². The van der Waals surface area contributed by atoms with Crippen LogP contribution in [0.3, 0.4) is 0 Å². The third kappa shape index (κ3) is 6.09. The number of amides is 1. The summed E-state index contributed by atoms with van der Waals surface area (Å²) < 4.78 is 23.9. The van der Waals surface area contributed by atoms with Gasteiger partial charge in [-0.3, -0.25) is 4.79 Å². The van der Waals surface area contributed by atoms with Gasteiger partial charge >= 0.3 is 0 Å². The molecule has 1 atom stereocenters. The lowest BCUT2D eigenvalue weighted by Crippen LogP contribution is -2.35. The number of carbonyl (C=O) groups excluding carboxylic acids is 1. The first-order valence-corrected chi connectivity index (χ1v) is 7.83. The Bertz CT molecular complexity index is 532. The van der Waals surface area contributed by atoms with E-state index in [9.17, 15) is 13.2 Å². The van der Waals surface area contributed by atoms with Crippen LogP contribution >= 0.6 is 24.0 Å². The summed E-state index contributed by atoms with van der Waals surface area (Å²) in [4.78, 5) is 11.6. The van der Waals surface area contributed by atoms with Gasteiger partial charge in [0.15, 0.2) is 9.84 Å². The third-order valence-electron chi connectivity index (χ3n) is 2.54. The van der Waals surface area contributed by atoms with Crippen LogP contribution in [-0.4, -0.2) is 33.2 Å². The number of nitrogens with two attached hydrogens (primary N) is 1. The molecular weight excluding hydrogens is 323 g/mol. The fourth-order valence-corrected chi connectivity index (χ4v) is 2.61. The maximum absolute atomic E-state index is 11.9. The molecule has 0 fully saturated rings. The molecule has 0 saturated heterocycles. The fourth-order valence-electron chi connectivity index (χ4n) is 1.32. The van der Waals surface area contributed by atoms with Crippen molar-refractivity contribution >= 4 is 39.8 Å². The number of rotatable bonds is 6. The van der Waals surface area contributed by atoms with Crippen LogP contribution < -0.4 is 11.1 Å². The van der Waals surface area contributed by atoms with Crippen LogP contribution in [0, 0.1) is 5.92 Å². The van der Waals surface area contributed by atoms with Crippen molar-refractivity contribution < 1.29 is 13.2 Å². The van der Waals surface area contributed by atoms with Gasteiger partial charge in [0.1, 0.15) is 5.75 Å². The predicted molar refractivity (Wildman–Crippen MR) is 82.0 cm³/mol. The van der Waals surface area contributed by atoms with Crippen LogP contribution in [0.5, 0.6) is 0 Å². The van der Waals surface area contributed by atoms with Gasteiger partial charge in [0.05, 0.1) is 4.90 Å². The van der Waals surface area contributed by atoms with E-state index in [1.165, 1.54) is 24.3 Å². The molecular formula is C12H18Cl2N2O3S. The van der Waals surface area contributed by atoms with Gasteiger partial charge in [-0.1, -0.05) is 18.5 Å². The van der Waals surface area contributed by atoms with E-state index >= 15 is 0 Å². The molecule has 0 aliphatic heterocycles. The molecule has 0 aliphatic rings. The zero-order valence-corrected chi connectivity index (χ0v) is 13.4. The quantitative estimate of drug-likeness (QED) is 0.815. The van der Waals surface area contributed by atoms with Crippen molar-refractivity contribution in [1.82, 2.24) is 5.32 Å². The van der Waals surface area contributed by atoms with Crippen LogP contribution in [0.2, 0.25) is 5.02 Å². The molecule has 8 heteroatoms. The van der Waals surface area contributed by atoms with Crippen LogP contribution in [-0.2, 0) is 14.6 Å². The molecule has 0 aromatic heterocycles. The van der Waals surface area contributed by atoms with E-state index in [1.807, 2.05) is 6.92 Å². The third-order valence-corrected chi connectivity index (χ3v) is 4.43. The first kappa shape index (κ1) is 19.2. The number of hydrogen-bond acceptors (Lipinski definition) is 4. The zero-order chi connectivity index (χ0) is 14.5. The predicted octanol–water partition coefficient (Wildman–Crippen LogP) is 1.25. The second-order valence-electron chi connectivity index (χ2n) is 4.36. The Labute approximate surface area is 130 Å². The standard InChI is InChI=1S/C12H17ClN2O3S.ClH/c1-9(6-14)7-15-12(16)8-19(17,18)11-4-2-10(13)3-5-11;/h2-5,9H,6-8,14H2,1H3,(H,15,16);1H. The van der Waals surface area contributed by atoms with Gasteiger partial charge in [-0.25, -0.2) is 8.42 Å². The number of benzene rings is 1. The SMILES string of the molecule is CC(CN)CNC(=O)CS(=O)(=O)c1ccc(Cl)cc1.Cl. The van der Waals surface area contributed by atoms with Crippen LogP contribution in [0.25, 0.3) is 0 Å². The highest BCUT2D eigenvalue weighted by Gasteiger charge is 2.19. The molecule has 0 aliphatic carbocycles. The van der Waals surface area contributed by atoms with E-state index in [2.05, 4.69) is 5.32 Å². The Hall–Kier alpha value is -0.820. The highest BCUT2D eigenvalue weighted by Crippen LogP contribution is 2.15. The number of hydrogen-bond donors (Lipinski definition) is 2. The van der Waals surface area contributed by atoms with Crippen molar-refractivity contribution in [2.75, 3.05) is 18.8 Å². The number of nitrogens with one attached hydrogen (secondary N) is 1. The minimum atomic E-state index is -3.63. The first-order valence-electron chi connectivity index (χ1n) is 5.80. The van der Waals surface area contributed by atoms with Gasteiger partial charge in [0.25, 0.3) is 0 Å². The molecule has 0 heterocycles. The minimum Gasteiger partial charge on any atom is -0.355 e. The Morgan fingerprint density at radius 3 is 2.40 bits per heavy atom. The molecule has 3 N–H and O–H groups in total. The van der Waals surface area contributed by atoms with E-state index in [0.717, 1.165) is 0 Å². The second kappa shape index (κ2) is 8.46. The van der Waals surface area contributed by atoms with E-state index in [0.29, 0.717) is 18.1 Å². The highest BCUT2D eigenvalue weighted by atomic mass is 35.5. The van der Waals surface area contributed by atoms with Gasteiger partial charge < -0.3 is 11.1 Å². The first-order chi connectivity index (χ1) is 8.85. The summed E-state index contributed by atoms with van der Waals surface area (Å²) in [7, 11) is -3.63. The Morgan fingerprint density at radius 1 is 1.35 bits per heavy atom. The van der Waals surface area contributed by atoms with E-state index in [1.54, 1.807) is 0 Å². The molecule has 0 spiro atoms. The van der Waals surface area contributed by atoms with Crippen LogP contribution in [0.1, 0.15) is 6.92 Å². The maximum atomic E-state index is 11.9. The molecule has 0 saturated carbocycles. The lowest BCUT2D eigenvalue weighted by atomic mass is 10.2. The summed E-state index contributed by atoms with van der Waals surface area (Å²) >= 11 is 5.68. The largest absolute Gasteiger partial charge is 0.355 e. The van der Waals surface area contributed by atoms with Crippen molar-refractivity contribution in [2.24, 2.45) is 11.7 Å². The van der Waals surface area contributed by atoms with Crippen molar-refractivity contribution in [3.8, 4) is 0 Å². The normalized spacial score (nSPS) is 12.3. The second-order valence-corrected chi connectivity index (χ2v) is 6.78. The molecule has 1 aromatic carbocycles. The van der Waals surface area contributed by atoms with Gasteiger partial charge in [0, 0.05) is 11.6 Å². The summed E-state index contributed by atoms with van der Waals surface area (Å²) in [6.07, 6.45) is 0. The summed E-state index contributed by atoms with van der Waals surface area (Å²) in [6.45, 7) is 2.67. The van der Waals surface area contributed by atoms with Gasteiger partial charge in [0.2, 0.25) is 5.91 Å². The molecule has 1 aromatic rings. The monoisotopic (exact) mass is 340 g/mol. The molecule has 114 valence electrons. The van der Waals surface area contributed by atoms with Crippen molar-refractivity contribution in [1.29, 1.82) is 0 Å². The molecule has 0 radical (unpaired) electrons. The molecule has 1 amide bonds. The molecule has 5 nitrogen and oxygen atoms in total. The lowest BCUT2D eigenvalue weighted by Gasteiger charge is -2.10. The zero-order valence-electron chi connectivity index (χ0n) is 11.0. The fraction of sp³-hybridized carbons (Fsp3) is 0.417. The van der Waals surface area contributed by atoms with Crippen molar-refractivity contribution in [2.45, 2.75) is 11.8 Å². The number of sulfone groups is 1. The highest BCUT2D eigenvalue weighted by molar-refractivity contribution is 7.92. The molecule has 20 heavy (non-hydrogen) atoms. The van der Waals surface area contributed by atoms with E-state index in [4.69, 9.17) is 17.3 Å². The molecule has 1 rings (SSSR count). The van der Waals surface area contributed by atoms with Crippen LogP contribution in [0.15, 0.2) is 29.2 Å². The number of halogens is 2. The van der Waals surface area contributed by atoms with E-state index < -0.39 is 21.5 Å².